The number of fused-ring (bicyclic) bond motifs is 1. The average molecular weight is 364 g/mol. The van der Waals surface area contributed by atoms with Gasteiger partial charge < -0.3 is 19.7 Å². The summed E-state index contributed by atoms with van der Waals surface area (Å²) in [4.78, 5) is 38.3. The fraction of sp³-hybridized carbons (Fsp3) is 0.842. The summed E-state index contributed by atoms with van der Waals surface area (Å²) >= 11 is 0. The lowest BCUT2D eigenvalue weighted by atomic mass is 9.58. The van der Waals surface area contributed by atoms with Crippen LogP contribution in [-0.4, -0.2) is 52.9 Å². The van der Waals surface area contributed by atoms with Crippen molar-refractivity contribution in [3.05, 3.63) is 0 Å². The largest absolute Gasteiger partial charge is 0.469 e. The van der Waals surface area contributed by atoms with Gasteiger partial charge in [-0.3, -0.25) is 14.4 Å². The van der Waals surface area contributed by atoms with E-state index in [0.717, 1.165) is 0 Å². The Hall–Kier alpha value is -1.47. The Morgan fingerprint density at radius 1 is 1.23 bits per heavy atom. The van der Waals surface area contributed by atoms with Crippen molar-refractivity contribution in [3.8, 4) is 0 Å². The van der Waals surface area contributed by atoms with Gasteiger partial charge in [-0.2, -0.15) is 0 Å². The first-order valence-corrected chi connectivity index (χ1v) is 9.42. The van der Waals surface area contributed by atoms with Crippen LogP contribution in [0, 0.1) is 34.5 Å². The van der Waals surface area contributed by atoms with Crippen molar-refractivity contribution in [2.24, 2.45) is 34.5 Å². The molecule has 26 heavy (non-hydrogen) atoms. The first-order chi connectivity index (χ1) is 12.2. The van der Waals surface area contributed by atoms with E-state index in [2.05, 4.69) is 0 Å². The molecule has 4 aliphatic carbocycles. The highest BCUT2D eigenvalue weighted by Gasteiger charge is 2.85. The van der Waals surface area contributed by atoms with Crippen LogP contribution in [0.1, 0.15) is 39.0 Å². The molecule has 4 saturated carbocycles. The van der Waals surface area contributed by atoms with Crippen LogP contribution in [0.25, 0.3) is 0 Å². The SMILES string of the molecule is COC(=O)[C@H]1[C@H]2[C@]3(OC(=O)[C@@]2(C)C[C@@H](O)[C@H]3O)[C@@H]2CC[C@@H]3C[C@@]21CC3=O. The minimum Gasteiger partial charge on any atom is -0.469 e. The number of hydrogen-bond donors (Lipinski definition) is 2. The maximum atomic E-state index is 12.9. The summed E-state index contributed by atoms with van der Waals surface area (Å²) in [6, 6.07) is 0. The summed E-state index contributed by atoms with van der Waals surface area (Å²) in [5, 5.41) is 21.5. The molecule has 0 radical (unpaired) electrons. The van der Waals surface area contributed by atoms with E-state index in [-0.39, 0.29) is 30.5 Å². The highest BCUT2D eigenvalue weighted by Crippen LogP contribution is 2.76. The average Bonchev–Trinajstić information content (AvgIpc) is 3.07. The zero-order valence-electron chi connectivity index (χ0n) is 14.9. The van der Waals surface area contributed by atoms with Crippen LogP contribution in [0.5, 0.6) is 0 Å². The molecule has 142 valence electrons. The Morgan fingerprint density at radius 3 is 2.65 bits per heavy atom. The quantitative estimate of drug-likeness (QED) is 0.640. The zero-order chi connectivity index (χ0) is 18.6. The number of esters is 2. The second-order valence-electron chi connectivity index (χ2n) is 9.26. The molecule has 4 bridgehead atoms. The van der Waals surface area contributed by atoms with E-state index in [4.69, 9.17) is 9.47 Å². The third kappa shape index (κ3) is 1.50. The van der Waals surface area contributed by atoms with Crippen molar-refractivity contribution in [2.75, 3.05) is 7.11 Å². The molecule has 0 aromatic heterocycles. The fourth-order valence-electron chi connectivity index (χ4n) is 7.64. The maximum absolute atomic E-state index is 12.9. The number of hydrogen-bond acceptors (Lipinski definition) is 7. The molecule has 2 N–H and O–H groups in total. The number of carbonyl (C=O) groups is 3. The summed E-state index contributed by atoms with van der Waals surface area (Å²) in [6.45, 7) is 1.72. The highest BCUT2D eigenvalue weighted by molar-refractivity contribution is 5.90. The molecule has 1 heterocycles. The van der Waals surface area contributed by atoms with E-state index in [1.165, 1.54) is 7.11 Å². The smallest absolute Gasteiger partial charge is 0.313 e. The van der Waals surface area contributed by atoms with Crippen LogP contribution in [0.3, 0.4) is 0 Å². The summed E-state index contributed by atoms with van der Waals surface area (Å²) in [5.74, 6) is -2.40. The third-order valence-electron chi connectivity index (χ3n) is 8.40. The molecule has 1 aliphatic heterocycles. The molecule has 1 spiro atoms. The molecule has 0 unspecified atom stereocenters. The Kier molecular flexibility index (Phi) is 3.00. The molecule has 9 atom stereocenters. The van der Waals surface area contributed by atoms with Crippen LogP contribution in [0.2, 0.25) is 0 Å². The first-order valence-electron chi connectivity index (χ1n) is 9.42. The van der Waals surface area contributed by atoms with Crippen LogP contribution in [0.15, 0.2) is 0 Å². The molecule has 0 amide bonds. The van der Waals surface area contributed by atoms with Crippen molar-refractivity contribution < 1.29 is 34.1 Å². The number of carbonyl (C=O) groups excluding carboxylic acids is 3. The van der Waals surface area contributed by atoms with Gasteiger partial charge in [-0.05, 0) is 38.0 Å². The number of ether oxygens (including phenoxy) is 2. The van der Waals surface area contributed by atoms with E-state index < -0.39 is 52.4 Å². The van der Waals surface area contributed by atoms with Crippen LogP contribution in [0.4, 0.5) is 0 Å². The van der Waals surface area contributed by atoms with E-state index >= 15 is 0 Å². The fourth-order valence-corrected chi connectivity index (χ4v) is 7.64. The molecule has 0 aromatic rings. The number of aliphatic hydroxyl groups is 2. The van der Waals surface area contributed by atoms with Crippen molar-refractivity contribution in [3.63, 3.8) is 0 Å². The summed E-state index contributed by atoms with van der Waals surface area (Å²) < 4.78 is 11.0. The topological polar surface area (TPSA) is 110 Å². The predicted molar refractivity (Wildman–Crippen MR) is 85.4 cm³/mol. The Bertz CT molecular complexity index is 733. The highest BCUT2D eigenvalue weighted by atomic mass is 16.6. The number of rotatable bonds is 1. The van der Waals surface area contributed by atoms with Gasteiger partial charge in [-0.1, -0.05) is 0 Å². The lowest BCUT2D eigenvalue weighted by Crippen LogP contribution is -2.61. The number of aliphatic hydroxyl groups excluding tert-OH is 2. The van der Waals surface area contributed by atoms with Crippen LogP contribution in [-0.2, 0) is 23.9 Å². The zero-order valence-corrected chi connectivity index (χ0v) is 14.9. The van der Waals surface area contributed by atoms with Crippen molar-refractivity contribution in [2.45, 2.75) is 56.8 Å². The van der Waals surface area contributed by atoms with Crippen molar-refractivity contribution in [1.82, 2.24) is 0 Å². The second kappa shape index (κ2) is 4.68. The first kappa shape index (κ1) is 16.7. The number of ketones is 1. The van der Waals surface area contributed by atoms with Gasteiger partial charge in [0, 0.05) is 24.2 Å². The summed E-state index contributed by atoms with van der Waals surface area (Å²) in [7, 11) is 1.32. The van der Waals surface area contributed by atoms with Crippen LogP contribution >= 0.6 is 0 Å². The Labute approximate surface area is 151 Å². The van der Waals surface area contributed by atoms with Crippen molar-refractivity contribution in [1.29, 1.82) is 0 Å². The molecular formula is C19H24O7. The van der Waals surface area contributed by atoms with Crippen LogP contribution < -0.4 is 0 Å². The normalized spacial score (nSPS) is 56.8. The van der Waals surface area contributed by atoms with E-state index in [9.17, 15) is 24.6 Å². The summed E-state index contributed by atoms with van der Waals surface area (Å²) in [5.41, 5.74) is -3.02. The Balaban J connectivity index is 1.77. The van der Waals surface area contributed by atoms with E-state index in [0.29, 0.717) is 19.3 Å². The van der Waals surface area contributed by atoms with E-state index in [1.807, 2.05) is 0 Å². The lowest BCUT2D eigenvalue weighted by Gasteiger charge is -2.47. The van der Waals surface area contributed by atoms with Gasteiger partial charge in [-0.25, -0.2) is 0 Å². The maximum Gasteiger partial charge on any atom is 0.313 e. The predicted octanol–water partition coefficient (Wildman–Crippen LogP) is 0.208. The van der Waals surface area contributed by atoms with Gasteiger partial charge in [0.2, 0.25) is 0 Å². The molecule has 5 aliphatic rings. The summed E-state index contributed by atoms with van der Waals surface area (Å²) in [6.07, 6.45) is -0.186. The van der Waals surface area contributed by atoms with E-state index in [1.54, 1.807) is 6.92 Å². The third-order valence-corrected chi connectivity index (χ3v) is 8.40. The number of Topliss-reactive ketones (excluding diaryl/α,β-unsaturated/α-hetero) is 1. The van der Waals surface area contributed by atoms with Gasteiger partial charge in [0.15, 0.2) is 0 Å². The van der Waals surface area contributed by atoms with Gasteiger partial charge in [0.25, 0.3) is 0 Å². The van der Waals surface area contributed by atoms with Gasteiger partial charge in [0.05, 0.1) is 24.5 Å². The molecule has 7 heteroatoms. The molecular weight excluding hydrogens is 340 g/mol. The van der Waals surface area contributed by atoms with Gasteiger partial charge >= 0.3 is 11.9 Å². The molecule has 5 rings (SSSR count). The van der Waals surface area contributed by atoms with Gasteiger partial charge in [-0.15, -0.1) is 0 Å². The lowest BCUT2D eigenvalue weighted by molar-refractivity contribution is -0.192. The minimum absolute atomic E-state index is 0.0487. The standard InChI is InChI=1S/C19H24O7/c1-17-6-10(21)14(22)19(26-16(17)24)11-4-3-8-5-18(11,7-9(8)20)12(13(17)19)15(23)25-2/h8,10-14,21-22H,3-7H2,1-2H3/t8-,10-,11-,12-,13-,14-,17+,18-,19-/m1/s1. The monoisotopic (exact) mass is 364 g/mol. The van der Waals surface area contributed by atoms with Crippen molar-refractivity contribution >= 4 is 17.7 Å². The number of methoxy groups -OCH3 is 1. The Morgan fingerprint density at radius 2 is 1.96 bits per heavy atom. The minimum atomic E-state index is -1.31. The molecule has 0 aromatic carbocycles. The molecule has 1 saturated heterocycles. The molecule has 5 fully saturated rings. The van der Waals surface area contributed by atoms with Gasteiger partial charge in [0.1, 0.15) is 17.5 Å². The molecule has 7 nitrogen and oxygen atoms in total. The second-order valence-corrected chi connectivity index (χ2v) is 9.26.